The highest BCUT2D eigenvalue weighted by atomic mass is 16.1. The van der Waals surface area contributed by atoms with Gasteiger partial charge in [-0.15, -0.1) is 0 Å². The molecule has 0 saturated carbocycles. The molecule has 1 aromatic carbocycles. The van der Waals surface area contributed by atoms with Crippen LogP contribution in [0.15, 0.2) is 42.7 Å². The van der Waals surface area contributed by atoms with Crippen LogP contribution >= 0.6 is 0 Å². The van der Waals surface area contributed by atoms with E-state index in [9.17, 15) is 4.79 Å². The summed E-state index contributed by atoms with van der Waals surface area (Å²) in [6, 6.07) is 10.0. The number of hydrogen-bond acceptors (Lipinski definition) is 6. The summed E-state index contributed by atoms with van der Waals surface area (Å²) in [5.41, 5.74) is 6.34. The Morgan fingerprint density at radius 2 is 1.88 bits per heavy atom. The van der Waals surface area contributed by atoms with Gasteiger partial charge in [0.2, 0.25) is 0 Å². The number of anilines is 1. The molecule has 1 fully saturated rings. The van der Waals surface area contributed by atoms with Gasteiger partial charge in [-0.1, -0.05) is 18.6 Å². The van der Waals surface area contributed by atoms with E-state index in [2.05, 4.69) is 21.3 Å². The molecule has 1 aliphatic carbocycles. The quantitative estimate of drug-likeness (QED) is 0.320. The number of Topliss-reactive ketones (excluding diaryl/α,β-unsaturated/α-hetero) is 1. The van der Waals surface area contributed by atoms with Gasteiger partial charge in [0.1, 0.15) is 11.6 Å². The molecular weight excluding hydrogens is 410 g/mol. The fourth-order valence-corrected chi connectivity index (χ4v) is 4.94. The van der Waals surface area contributed by atoms with E-state index in [1.54, 1.807) is 6.92 Å². The lowest BCUT2D eigenvalue weighted by Gasteiger charge is -2.26. The van der Waals surface area contributed by atoms with Crippen molar-refractivity contribution in [3.63, 3.8) is 0 Å². The van der Waals surface area contributed by atoms with E-state index in [1.807, 2.05) is 36.7 Å². The second-order valence-electron chi connectivity index (χ2n) is 9.13. The molecule has 6 heteroatoms. The number of aromatic nitrogens is 3. The smallest absolute Gasteiger partial charge is 0.159 e. The van der Waals surface area contributed by atoms with Crippen molar-refractivity contribution >= 4 is 11.6 Å². The van der Waals surface area contributed by atoms with Gasteiger partial charge >= 0.3 is 0 Å². The molecule has 2 aliphatic rings. The highest BCUT2D eigenvalue weighted by molar-refractivity contribution is 5.96. The standard InChI is InChI=1S/C27H31N5O/c1-19(33)21-6-7-23-22(17-21)18-24-26(23)27(29-10-5-15-32-13-3-2-4-14-32)31-25(30-24)16-20-8-11-28-12-9-20/h6-9,11-12,17H,2-5,10,13-16,18H2,1H3,(H,29,30,31). The second kappa shape index (κ2) is 9.79. The Morgan fingerprint density at radius 3 is 2.67 bits per heavy atom. The van der Waals surface area contributed by atoms with Crippen LogP contribution in [0.5, 0.6) is 0 Å². The van der Waals surface area contributed by atoms with Crippen molar-refractivity contribution in [2.45, 2.75) is 45.4 Å². The molecule has 3 aromatic rings. The van der Waals surface area contributed by atoms with Crippen molar-refractivity contribution in [3.05, 3.63) is 70.9 Å². The fourth-order valence-electron chi connectivity index (χ4n) is 4.94. The van der Waals surface area contributed by atoms with E-state index in [-0.39, 0.29) is 5.78 Å². The predicted molar refractivity (Wildman–Crippen MR) is 131 cm³/mol. The van der Waals surface area contributed by atoms with Gasteiger partial charge in [-0.3, -0.25) is 9.78 Å². The number of pyridine rings is 1. The van der Waals surface area contributed by atoms with E-state index in [0.717, 1.165) is 71.1 Å². The van der Waals surface area contributed by atoms with Crippen LogP contribution in [-0.4, -0.2) is 51.8 Å². The second-order valence-corrected chi connectivity index (χ2v) is 9.13. The molecule has 0 unspecified atom stereocenters. The summed E-state index contributed by atoms with van der Waals surface area (Å²) in [7, 11) is 0. The summed E-state index contributed by atoms with van der Waals surface area (Å²) in [6.07, 6.45) is 10.1. The summed E-state index contributed by atoms with van der Waals surface area (Å²) in [5, 5.41) is 3.63. The highest BCUT2D eigenvalue weighted by Crippen LogP contribution is 2.40. The van der Waals surface area contributed by atoms with Gasteiger partial charge in [-0.05, 0) is 80.7 Å². The van der Waals surface area contributed by atoms with Crippen LogP contribution in [-0.2, 0) is 12.8 Å². The van der Waals surface area contributed by atoms with Gasteiger partial charge in [-0.25, -0.2) is 9.97 Å². The average Bonchev–Trinajstić information content (AvgIpc) is 3.20. The number of nitrogens with zero attached hydrogens (tertiary/aromatic N) is 4. The molecule has 170 valence electrons. The Morgan fingerprint density at radius 1 is 1.06 bits per heavy atom. The number of ketones is 1. The Hall–Kier alpha value is -3.12. The van der Waals surface area contributed by atoms with Gasteiger partial charge < -0.3 is 10.2 Å². The van der Waals surface area contributed by atoms with Crippen molar-refractivity contribution in [3.8, 4) is 11.1 Å². The van der Waals surface area contributed by atoms with Crippen molar-refractivity contribution in [1.82, 2.24) is 19.9 Å². The Labute approximate surface area is 195 Å². The molecule has 2 aromatic heterocycles. The van der Waals surface area contributed by atoms with Crippen molar-refractivity contribution in [2.24, 2.45) is 0 Å². The van der Waals surface area contributed by atoms with Crippen molar-refractivity contribution < 1.29 is 4.79 Å². The number of carbonyl (C=O) groups excluding carboxylic acids is 1. The number of rotatable bonds is 8. The first-order valence-electron chi connectivity index (χ1n) is 12.1. The predicted octanol–water partition coefficient (Wildman–Crippen LogP) is 4.52. The molecule has 6 nitrogen and oxygen atoms in total. The molecule has 1 saturated heterocycles. The van der Waals surface area contributed by atoms with Crippen LogP contribution in [0.25, 0.3) is 11.1 Å². The Kier molecular flexibility index (Phi) is 6.44. The lowest BCUT2D eigenvalue weighted by molar-refractivity contribution is 0.101. The van der Waals surface area contributed by atoms with Crippen LogP contribution in [0, 0.1) is 0 Å². The van der Waals surface area contributed by atoms with Crippen LogP contribution in [0.4, 0.5) is 5.82 Å². The molecule has 3 heterocycles. The van der Waals surface area contributed by atoms with E-state index in [1.165, 1.54) is 32.4 Å². The zero-order chi connectivity index (χ0) is 22.6. The molecule has 33 heavy (non-hydrogen) atoms. The minimum atomic E-state index is 0.0919. The van der Waals surface area contributed by atoms with Gasteiger partial charge in [0.05, 0.1) is 5.69 Å². The monoisotopic (exact) mass is 441 g/mol. The fraction of sp³-hybridized carbons (Fsp3) is 0.407. The third-order valence-corrected chi connectivity index (χ3v) is 6.67. The largest absolute Gasteiger partial charge is 0.369 e. The van der Waals surface area contributed by atoms with Gasteiger partial charge in [0.15, 0.2) is 5.78 Å². The number of piperidine rings is 1. The maximum Gasteiger partial charge on any atom is 0.159 e. The number of benzene rings is 1. The molecule has 1 N–H and O–H groups in total. The van der Waals surface area contributed by atoms with Crippen LogP contribution in [0.2, 0.25) is 0 Å². The number of nitrogens with one attached hydrogen (secondary N) is 1. The van der Waals surface area contributed by atoms with Gasteiger partial charge in [0, 0.05) is 42.9 Å². The first kappa shape index (κ1) is 21.7. The highest BCUT2D eigenvalue weighted by Gasteiger charge is 2.26. The maximum absolute atomic E-state index is 11.9. The lowest BCUT2D eigenvalue weighted by atomic mass is 10.0. The van der Waals surface area contributed by atoms with Crippen molar-refractivity contribution in [1.29, 1.82) is 0 Å². The van der Waals surface area contributed by atoms with Crippen molar-refractivity contribution in [2.75, 3.05) is 31.5 Å². The first-order chi connectivity index (χ1) is 16.2. The summed E-state index contributed by atoms with van der Waals surface area (Å²) in [6.45, 7) is 6.08. The average molecular weight is 442 g/mol. The Balaban J connectivity index is 1.39. The molecule has 0 atom stereocenters. The zero-order valence-corrected chi connectivity index (χ0v) is 19.3. The molecule has 1 aliphatic heterocycles. The summed E-state index contributed by atoms with van der Waals surface area (Å²) in [4.78, 5) is 28.5. The molecule has 0 spiro atoms. The van der Waals surface area contributed by atoms with Crippen LogP contribution in [0.1, 0.15) is 65.6 Å². The number of likely N-dealkylation sites (tertiary alicyclic amines) is 1. The number of carbonyl (C=O) groups is 1. The third-order valence-electron chi connectivity index (χ3n) is 6.67. The van der Waals surface area contributed by atoms with E-state index >= 15 is 0 Å². The van der Waals surface area contributed by atoms with Gasteiger partial charge in [-0.2, -0.15) is 0 Å². The topological polar surface area (TPSA) is 71.0 Å². The maximum atomic E-state index is 11.9. The van der Waals surface area contributed by atoms with Crippen LogP contribution < -0.4 is 5.32 Å². The minimum absolute atomic E-state index is 0.0919. The molecular formula is C27H31N5O. The van der Waals surface area contributed by atoms with E-state index in [0.29, 0.717) is 6.42 Å². The summed E-state index contributed by atoms with van der Waals surface area (Å²) in [5.74, 6) is 1.82. The SMILES string of the molecule is CC(=O)c1ccc2c(c1)Cc1nc(Cc3ccncc3)nc(NCCCN3CCCCC3)c1-2. The third kappa shape index (κ3) is 4.96. The minimum Gasteiger partial charge on any atom is -0.369 e. The normalized spacial score (nSPS) is 15.2. The summed E-state index contributed by atoms with van der Waals surface area (Å²) < 4.78 is 0. The lowest BCUT2D eigenvalue weighted by Crippen LogP contribution is -2.31. The van der Waals surface area contributed by atoms with E-state index < -0.39 is 0 Å². The number of fused-ring (bicyclic) bond motifs is 3. The molecule has 5 rings (SSSR count). The Bertz CT molecular complexity index is 1140. The van der Waals surface area contributed by atoms with Crippen LogP contribution in [0.3, 0.4) is 0 Å². The summed E-state index contributed by atoms with van der Waals surface area (Å²) >= 11 is 0. The van der Waals surface area contributed by atoms with E-state index in [4.69, 9.17) is 9.97 Å². The molecule has 0 radical (unpaired) electrons. The first-order valence-corrected chi connectivity index (χ1v) is 12.1. The molecule has 0 amide bonds. The van der Waals surface area contributed by atoms with Gasteiger partial charge in [0.25, 0.3) is 0 Å². The number of hydrogen-bond donors (Lipinski definition) is 1. The molecule has 0 bridgehead atoms. The zero-order valence-electron chi connectivity index (χ0n) is 19.3.